The minimum Gasteiger partial charge on any atom is -0.479 e. The molecule has 0 aromatic heterocycles. The van der Waals surface area contributed by atoms with E-state index in [2.05, 4.69) is 4.72 Å². The molecular weight excluding hydrogens is 378 g/mol. The van der Waals surface area contributed by atoms with E-state index in [1.54, 1.807) is 30.3 Å². The Labute approximate surface area is 158 Å². The van der Waals surface area contributed by atoms with Crippen molar-refractivity contribution in [1.29, 1.82) is 0 Å². The maximum absolute atomic E-state index is 11.8. The highest BCUT2D eigenvalue weighted by Crippen LogP contribution is 2.33. The van der Waals surface area contributed by atoms with Gasteiger partial charge >= 0.3 is 5.97 Å². The van der Waals surface area contributed by atoms with Crippen LogP contribution in [0.4, 0.5) is 0 Å². The zero-order valence-electron chi connectivity index (χ0n) is 15.0. The van der Waals surface area contributed by atoms with Gasteiger partial charge in [-0.2, -0.15) is 0 Å². The summed E-state index contributed by atoms with van der Waals surface area (Å²) in [7, 11) is -2.20. The molecule has 0 fully saturated rings. The first-order chi connectivity index (χ1) is 12.2. The molecule has 2 rings (SSSR count). The summed E-state index contributed by atoms with van der Waals surface area (Å²) in [6, 6.07) is 10.9. The van der Waals surface area contributed by atoms with E-state index in [1.165, 1.54) is 26.1 Å². The lowest BCUT2D eigenvalue weighted by molar-refractivity contribution is -0.144. The minimum absolute atomic E-state index is 0.122. The van der Waals surface area contributed by atoms with Crippen LogP contribution in [0.15, 0.2) is 47.4 Å². The molecule has 0 heterocycles. The van der Waals surface area contributed by atoms with Gasteiger partial charge in [0.1, 0.15) is 5.75 Å². The highest BCUT2D eigenvalue weighted by molar-refractivity contribution is 7.89. The highest BCUT2D eigenvalue weighted by Gasteiger charge is 2.17. The van der Waals surface area contributed by atoms with Gasteiger partial charge in [-0.3, -0.25) is 0 Å². The summed E-state index contributed by atoms with van der Waals surface area (Å²) in [5, 5.41) is 9.44. The fourth-order valence-electron chi connectivity index (χ4n) is 2.00. The topological polar surface area (TPSA) is 92.7 Å². The molecule has 2 N–H and O–H groups in total. The van der Waals surface area contributed by atoms with E-state index in [9.17, 15) is 13.2 Å². The number of carboxylic acid groups (broad SMARTS) is 1. The number of carbonyl (C=O) groups is 1. The summed E-state index contributed by atoms with van der Waals surface area (Å²) in [4.78, 5) is 11.1. The molecule has 0 bridgehead atoms. The van der Waals surface area contributed by atoms with Crippen molar-refractivity contribution in [1.82, 2.24) is 4.72 Å². The van der Waals surface area contributed by atoms with Crippen molar-refractivity contribution in [2.24, 2.45) is 0 Å². The van der Waals surface area contributed by atoms with Crippen molar-refractivity contribution in [3.05, 3.63) is 47.5 Å². The Bertz CT molecular complexity index is 850. The van der Waals surface area contributed by atoms with Crippen LogP contribution in [0, 0.1) is 0 Å². The van der Waals surface area contributed by atoms with Crippen LogP contribution in [-0.4, -0.2) is 32.6 Å². The predicted molar refractivity (Wildman–Crippen MR) is 102 cm³/mol. The van der Waals surface area contributed by atoms with Gasteiger partial charge in [-0.15, -0.1) is 0 Å². The first-order valence-corrected chi connectivity index (χ1v) is 9.83. The molecule has 0 unspecified atom stereocenters. The molecule has 8 heteroatoms. The summed E-state index contributed by atoms with van der Waals surface area (Å²) in [5.74, 6) is -0.745. The lowest BCUT2D eigenvalue weighted by Crippen LogP contribution is -2.23. The first-order valence-electron chi connectivity index (χ1n) is 7.97. The normalized spacial score (nSPS) is 11.9. The van der Waals surface area contributed by atoms with E-state index in [-0.39, 0.29) is 4.90 Å². The average Bonchev–Trinajstić information content (AvgIpc) is 2.64. The van der Waals surface area contributed by atoms with Gasteiger partial charge in [0.25, 0.3) is 0 Å². The molecule has 6 nitrogen and oxygen atoms in total. The van der Waals surface area contributed by atoms with Crippen molar-refractivity contribution < 1.29 is 23.1 Å². The molecule has 1 atom stereocenters. The molecule has 0 amide bonds. The van der Waals surface area contributed by atoms with Crippen LogP contribution in [0.1, 0.15) is 20.8 Å². The van der Waals surface area contributed by atoms with E-state index in [0.29, 0.717) is 21.9 Å². The van der Waals surface area contributed by atoms with Gasteiger partial charge in [0.15, 0.2) is 6.10 Å². The molecule has 26 heavy (non-hydrogen) atoms. The molecule has 2 aromatic carbocycles. The van der Waals surface area contributed by atoms with Crippen LogP contribution in [0.25, 0.3) is 11.1 Å². The zero-order valence-corrected chi connectivity index (χ0v) is 16.6. The Morgan fingerprint density at radius 1 is 1.15 bits per heavy atom. The van der Waals surface area contributed by atoms with Gasteiger partial charge in [0.05, 0.1) is 4.90 Å². The highest BCUT2D eigenvalue weighted by atomic mass is 35.5. The molecule has 0 saturated heterocycles. The lowest BCUT2D eigenvalue weighted by Gasteiger charge is -2.15. The summed E-state index contributed by atoms with van der Waals surface area (Å²) in [5.41, 5.74) is 1.23. The quantitative estimate of drug-likeness (QED) is 0.770. The summed E-state index contributed by atoms with van der Waals surface area (Å²) < 4.78 is 31.2. The van der Waals surface area contributed by atoms with Crippen LogP contribution in [0.2, 0.25) is 5.02 Å². The summed E-state index contributed by atoms with van der Waals surface area (Å²) in [6.07, 6.45) is -1.03. The molecule has 0 radical (unpaired) electrons. The fraction of sp³-hybridized carbons (Fsp3) is 0.278. The third-order valence-corrected chi connectivity index (χ3v) is 5.00. The SMILES string of the molecule is CC.CNS(=O)(=O)c1ccc(-c2cc(Cl)ccc2O[C@@H](C)C(=O)O)cc1. The molecule has 2 aromatic rings. The second-order valence-electron chi connectivity index (χ2n) is 4.97. The Kier molecular flexibility index (Phi) is 8.08. The van der Waals surface area contributed by atoms with Gasteiger partial charge in [0.2, 0.25) is 10.0 Å². The average molecular weight is 400 g/mol. The van der Waals surface area contributed by atoms with E-state index in [1.807, 2.05) is 13.8 Å². The molecule has 142 valence electrons. The Morgan fingerprint density at radius 2 is 1.73 bits per heavy atom. The monoisotopic (exact) mass is 399 g/mol. The molecule has 0 saturated carbocycles. The molecule has 0 aliphatic carbocycles. The molecule has 0 aliphatic rings. The Balaban J connectivity index is 0.00000163. The molecular formula is C18H22ClNO5S. The van der Waals surface area contributed by atoms with Crippen LogP contribution >= 0.6 is 11.6 Å². The van der Waals surface area contributed by atoms with Gasteiger partial charge in [-0.25, -0.2) is 17.9 Å². The second-order valence-corrected chi connectivity index (χ2v) is 7.29. The fourth-order valence-corrected chi connectivity index (χ4v) is 2.91. The van der Waals surface area contributed by atoms with Gasteiger partial charge in [0, 0.05) is 10.6 Å². The van der Waals surface area contributed by atoms with Gasteiger partial charge in [-0.05, 0) is 49.9 Å². The summed E-state index contributed by atoms with van der Waals surface area (Å²) >= 11 is 6.01. The number of aliphatic carboxylic acids is 1. The largest absolute Gasteiger partial charge is 0.479 e. The number of hydrogen-bond donors (Lipinski definition) is 2. The third kappa shape index (κ3) is 5.45. The van der Waals surface area contributed by atoms with E-state index < -0.39 is 22.1 Å². The third-order valence-electron chi connectivity index (χ3n) is 3.34. The lowest BCUT2D eigenvalue weighted by atomic mass is 10.0. The van der Waals surface area contributed by atoms with Gasteiger partial charge in [-0.1, -0.05) is 37.6 Å². The number of sulfonamides is 1. The first kappa shape index (κ1) is 22.0. The Hall–Kier alpha value is -2.09. The maximum Gasteiger partial charge on any atom is 0.344 e. The van der Waals surface area contributed by atoms with Crippen molar-refractivity contribution >= 4 is 27.6 Å². The second kappa shape index (κ2) is 9.56. The Morgan fingerprint density at radius 3 is 2.23 bits per heavy atom. The number of rotatable bonds is 6. The summed E-state index contributed by atoms with van der Waals surface area (Å²) in [6.45, 7) is 5.42. The molecule has 0 aliphatic heterocycles. The number of nitrogens with one attached hydrogen (secondary N) is 1. The van der Waals surface area contributed by atoms with Crippen LogP contribution in [0.5, 0.6) is 5.75 Å². The van der Waals surface area contributed by atoms with Crippen molar-refractivity contribution in [2.75, 3.05) is 7.05 Å². The van der Waals surface area contributed by atoms with Crippen molar-refractivity contribution in [3.8, 4) is 16.9 Å². The molecule has 0 spiro atoms. The van der Waals surface area contributed by atoms with Crippen LogP contribution in [-0.2, 0) is 14.8 Å². The minimum atomic E-state index is -3.53. The number of benzene rings is 2. The number of carboxylic acids is 1. The van der Waals surface area contributed by atoms with Crippen molar-refractivity contribution in [3.63, 3.8) is 0 Å². The van der Waals surface area contributed by atoms with E-state index in [4.69, 9.17) is 21.4 Å². The van der Waals surface area contributed by atoms with Gasteiger partial charge < -0.3 is 9.84 Å². The number of halogens is 1. The maximum atomic E-state index is 11.8. The zero-order chi connectivity index (χ0) is 19.9. The van der Waals surface area contributed by atoms with E-state index >= 15 is 0 Å². The van der Waals surface area contributed by atoms with E-state index in [0.717, 1.165) is 0 Å². The number of hydrogen-bond acceptors (Lipinski definition) is 4. The standard InChI is InChI=1S/C16H16ClNO5S.C2H6/c1-10(16(19)20)23-15-8-5-12(17)9-14(15)11-3-6-13(7-4-11)24(21,22)18-2;1-2/h3-10,18H,1-2H3,(H,19,20);1-2H3/t10-;/m0./s1. The number of ether oxygens (including phenoxy) is 1. The smallest absolute Gasteiger partial charge is 0.344 e. The predicted octanol–water partition coefficient (Wildman–Crippen LogP) is 3.79. The van der Waals surface area contributed by atoms with Crippen LogP contribution in [0.3, 0.4) is 0 Å². The van der Waals surface area contributed by atoms with Crippen molar-refractivity contribution in [2.45, 2.75) is 31.8 Å². The van der Waals surface area contributed by atoms with Crippen LogP contribution < -0.4 is 9.46 Å².